The minimum Gasteiger partial charge on any atom is -0.496 e. The SMILES string of the molecule is COc1ccc(-c2c(C)nn(C)c2N)cc1Br. The van der Waals surface area contributed by atoms with Crippen molar-refractivity contribution < 1.29 is 4.74 Å². The number of hydrogen-bond donors (Lipinski definition) is 1. The fourth-order valence-corrected chi connectivity index (χ4v) is 2.40. The minimum absolute atomic E-state index is 0.666. The molecule has 2 N–H and O–H groups in total. The van der Waals surface area contributed by atoms with Crippen LogP contribution in [0.5, 0.6) is 5.75 Å². The predicted molar refractivity (Wildman–Crippen MR) is 72.0 cm³/mol. The first-order valence-electron chi connectivity index (χ1n) is 5.17. The molecule has 0 fully saturated rings. The third kappa shape index (κ3) is 2.02. The molecule has 17 heavy (non-hydrogen) atoms. The summed E-state index contributed by atoms with van der Waals surface area (Å²) in [6.45, 7) is 1.95. The van der Waals surface area contributed by atoms with Gasteiger partial charge in [-0.05, 0) is 40.5 Å². The van der Waals surface area contributed by atoms with Gasteiger partial charge in [0, 0.05) is 12.6 Å². The summed E-state index contributed by atoms with van der Waals surface area (Å²) in [4.78, 5) is 0. The lowest BCUT2D eigenvalue weighted by Gasteiger charge is -2.06. The van der Waals surface area contributed by atoms with E-state index in [0.29, 0.717) is 5.82 Å². The summed E-state index contributed by atoms with van der Waals surface area (Å²) in [5.74, 6) is 1.47. The standard InChI is InChI=1S/C12H14BrN3O/c1-7-11(12(14)16(2)15-7)8-4-5-10(17-3)9(13)6-8/h4-6H,14H2,1-3H3. The molecule has 0 aliphatic carbocycles. The maximum absolute atomic E-state index is 6.01. The summed E-state index contributed by atoms with van der Waals surface area (Å²) in [5, 5.41) is 4.30. The van der Waals surface area contributed by atoms with E-state index in [2.05, 4.69) is 21.0 Å². The van der Waals surface area contributed by atoms with Gasteiger partial charge in [0.05, 0.1) is 17.3 Å². The van der Waals surface area contributed by atoms with Crippen molar-refractivity contribution in [2.75, 3.05) is 12.8 Å². The molecule has 0 aliphatic rings. The molecule has 0 spiro atoms. The second kappa shape index (κ2) is 4.41. The number of anilines is 1. The molecule has 0 bridgehead atoms. The number of rotatable bonds is 2. The van der Waals surface area contributed by atoms with Crippen molar-refractivity contribution in [1.82, 2.24) is 9.78 Å². The van der Waals surface area contributed by atoms with Gasteiger partial charge in [-0.25, -0.2) is 0 Å². The van der Waals surface area contributed by atoms with E-state index in [1.54, 1.807) is 11.8 Å². The van der Waals surface area contributed by atoms with E-state index < -0.39 is 0 Å². The lowest BCUT2D eigenvalue weighted by molar-refractivity contribution is 0.412. The Morgan fingerprint density at radius 2 is 2.12 bits per heavy atom. The first-order chi connectivity index (χ1) is 8.04. The van der Waals surface area contributed by atoms with E-state index in [9.17, 15) is 0 Å². The molecular weight excluding hydrogens is 282 g/mol. The molecule has 0 aliphatic heterocycles. The summed E-state index contributed by atoms with van der Waals surface area (Å²) in [5.41, 5.74) is 8.93. The molecular formula is C12H14BrN3O. The molecule has 1 heterocycles. The molecule has 0 amide bonds. The lowest BCUT2D eigenvalue weighted by Crippen LogP contribution is -1.98. The zero-order valence-electron chi connectivity index (χ0n) is 9.99. The normalized spacial score (nSPS) is 10.6. The van der Waals surface area contributed by atoms with Crippen molar-refractivity contribution in [2.45, 2.75) is 6.92 Å². The molecule has 1 aromatic heterocycles. The van der Waals surface area contributed by atoms with Gasteiger partial charge in [0.25, 0.3) is 0 Å². The zero-order valence-corrected chi connectivity index (χ0v) is 11.6. The Bertz CT molecular complexity index is 563. The fourth-order valence-electron chi connectivity index (χ4n) is 1.85. The smallest absolute Gasteiger partial charge is 0.133 e. The number of ether oxygens (including phenoxy) is 1. The Morgan fingerprint density at radius 1 is 1.41 bits per heavy atom. The number of halogens is 1. The van der Waals surface area contributed by atoms with E-state index in [0.717, 1.165) is 27.0 Å². The molecule has 0 saturated heterocycles. The minimum atomic E-state index is 0.666. The summed E-state index contributed by atoms with van der Waals surface area (Å²) < 4.78 is 7.79. The van der Waals surface area contributed by atoms with E-state index in [1.165, 1.54) is 0 Å². The van der Waals surface area contributed by atoms with Crippen LogP contribution in [0.3, 0.4) is 0 Å². The summed E-state index contributed by atoms with van der Waals surface area (Å²) in [7, 11) is 3.48. The first kappa shape index (κ1) is 12.0. The molecule has 4 nitrogen and oxygen atoms in total. The molecule has 0 saturated carbocycles. The topological polar surface area (TPSA) is 53.1 Å². The molecule has 2 rings (SSSR count). The second-order valence-electron chi connectivity index (χ2n) is 3.82. The lowest BCUT2D eigenvalue weighted by atomic mass is 10.1. The van der Waals surface area contributed by atoms with Gasteiger partial charge < -0.3 is 10.5 Å². The van der Waals surface area contributed by atoms with Crippen LogP contribution in [-0.4, -0.2) is 16.9 Å². The molecule has 2 aromatic rings. The van der Waals surface area contributed by atoms with Crippen molar-refractivity contribution in [3.05, 3.63) is 28.4 Å². The number of aryl methyl sites for hydroxylation is 2. The van der Waals surface area contributed by atoms with Crippen molar-refractivity contribution in [1.29, 1.82) is 0 Å². The Hall–Kier alpha value is -1.49. The number of nitrogen functional groups attached to an aromatic ring is 1. The highest BCUT2D eigenvalue weighted by Gasteiger charge is 2.13. The maximum atomic E-state index is 6.01. The average molecular weight is 296 g/mol. The Morgan fingerprint density at radius 3 is 2.59 bits per heavy atom. The number of methoxy groups -OCH3 is 1. The van der Waals surface area contributed by atoms with Crippen LogP contribution in [0.25, 0.3) is 11.1 Å². The van der Waals surface area contributed by atoms with Gasteiger partial charge in [0.15, 0.2) is 0 Å². The zero-order chi connectivity index (χ0) is 12.6. The highest BCUT2D eigenvalue weighted by molar-refractivity contribution is 9.10. The molecule has 0 radical (unpaired) electrons. The van der Waals surface area contributed by atoms with Crippen LogP contribution in [0.15, 0.2) is 22.7 Å². The monoisotopic (exact) mass is 295 g/mol. The van der Waals surface area contributed by atoms with Gasteiger partial charge in [-0.2, -0.15) is 5.10 Å². The van der Waals surface area contributed by atoms with Crippen LogP contribution in [0.2, 0.25) is 0 Å². The number of nitrogens with zero attached hydrogens (tertiary/aromatic N) is 2. The van der Waals surface area contributed by atoms with Crippen molar-refractivity contribution >= 4 is 21.7 Å². The van der Waals surface area contributed by atoms with E-state index >= 15 is 0 Å². The third-order valence-corrected chi connectivity index (χ3v) is 3.33. The predicted octanol–water partition coefficient (Wildman–Crippen LogP) is 2.75. The quantitative estimate of drug-likeness (QED) is 0.927. The number of hydrogen-bond acceptors (Lipinski definition) is 3. The highest BCUT2D eigenvalue weighted by atomic mass is 79.9. The van der Waals surface area contributed by atoms with E-state index in [4.69, 9.17) is 10.5 Å². The van der Waals surface area contributed by atoms with Crippen LogP contribution in [-0.2, 0) is 7.05 Å². The summed E-state index contributed by atoms with van der Waals surface area (Å²) in [6, 6.07) is 5.87. The summed E-state index contributed by atoms with van der Waals surface area (Å²) >= 11 is 3.47. The van der Waals surface area contributed by atoms with Gasteiger partial charge >= 0.3 is 0 Å². The Labute approximate surface area is 109 Å². The van der Waals surface area contributed by atoms with Crippen LogP contribution in [0, 0.1) is 6.92 Å². The Balaban J connectivity index is 2.57. The molecule has 1 aromatic carbocycles. The van der Waals surface area contributed by atoms with Gasteiger partial charge in [0.2, 0.25) is 0 Å². The van der Waals surface area contributed by atoms with E-state index in [1.807, 2.05) is 32.2 Å². The number of nitrogens with two attached hydrogens (primary N) is 1. The maximum Gasteiger partial charge on any atom is 0.133 e. The van der Waals surface area contributed by atoms with Gasteiger partial charge in [-0.3, -0.25) is 4.68 Å². The number of aromatic nitrogens is 2. The average Bonchev–Trinajstić information content (AvgIpc) is 2.53. The molecule has 0 unspecified atom stereocenters. The first-order valence-corrected chi connectivity index (χ1v) is 5.97. The van der Waals surface area contributed by atoms with Crippen LogP contribution < -0.4 is 10.5 Å². The highest BCUT2D eigenvalue weighted by Crippen LogP contribution is 2.34. The van der Waals surface area contributed by atoms with Crippen LogP contribution >= 0.6 is 15.9 Å². The molecule has 0 atom stereocenters. The van der Waals surface area contributed by atoms with Crippen molar-refractivity contribution in [3.63, 3.8) is 0 Å². The Kier molecular flexibility index (Phi) is 3.11. The van der Waals surface area contributed by atoms with E-state index in [-0.39, 0.29) is 0 Å². The summed E-state index contributed by atoms with van der Waals surface area (Å²) in [6.07, 6.45) is 0. The van der Waals surface area contributed by atoms with Gasteiger partial charge in [-0.15, -0.1) is 0 Å². The molecule has 90 valence electrons. The largest absolute Gasteiger partial charge is 0.496 e. The fraction of sp³-hybridized carbons (Fsp3) is 0.250. The van der Waals surface area contributed by atoms with Gasteiger partial charge in [-0.1, -0.05) is 6.07 Å². The molecule has 5 heteroatoms. The van der Waals surface area contributed by atoms with Crippen LogP contribution in [0.1, 0.15) is 5.69 Å². The van der Waals surface area contributed by atoms with Gasteiger partial charge in [0.1, 0.15) is 11.6 Å². The number of benzene rings is 1. The van der Waals surface area contributed by atoms with Crippen LogP contribution in [0.4, 0.5) is 5.82 Å². The van der Waals surface area contributed by atoms with Crippen molar-refractivity contribution in [2.24, 2.45) is 7.05 Å². The van der Waals surface area contributed by atoms with Crippen molar-refractivity contribution in [3.8, 4) is 16.9 Å². The second-order valence-corrected chi connectivity index (χ2v) is 4.67. The third-order valence-electron chi connectivity index (χ3n) is 2.71.